The Bertz CT molecular complexity index is 1130. The lowest BCUT2D eigenvalue weighted by atomic mass is 10.2. The van der Waals surface area contributed by atoms with Crippen LogP contribution in [0.25, 0.3) is 0 Å². The number of nitrogens with zero attached hydrogens (tertiary/aromatic N) is 2. The molecule has 1 saturated heterocycles. The third-order valence-electron chi connectivity index (χ3n) is 4.53. The molecule has 0 spiro atoms. The van der Waals surface area contributed by atoms with Crippen LogP contribution in [0.1, 0.15) is 22.3 Å². The van der Waals surface area contributed by atoms with Crippen molar-refractivity contribution >= 4 is 46.1 Å². The Morgan fingerprint density at radius 1 is 1.21 bits per heavy atom. The molecule has 1 aliphatic heterocycles. The van der Waals surface area contributed by atoms with Gasteiger partial charge in [0.25, 0.3) is 0 Å². The number of halogens is 3. The number of hydrogen-bond acceptors (Lipinski definition) is 5. The molecular weight excluding hydrogens is 459 g/mol. The van der Waals surface area contributed by atoms with E-state index >= 15 is 0 Å². The van der Waals surface area contributed by atoms with Crippen LogP contribution < -0.4 is 5.32 Å². The zero-order valence-electron chi connectivity index (χ0n) is 17.0. The SMILES string of the molecule is C=CCN1C(=O)C(CC(=O)Nc2cccc(C(F)(F)F)c2)SC1=Nc1ccccc1C(=O)O. The number of nitrogens with one attached hydrogen (secondary N) is 1. The summed E-state index contributed by atoms with van der Waals surface area (Å²) in [6.07, 6.45) is -3.41. The van der Waals surface area contributed by atoms with E-state index in [0.29, 0.717) is 0 Å². The summed E-state index contributed by atoms with van der Waals surface area (Å²) in [6, 6.07) is 10.2. The second-order valence-corrected chi connectivity index (χ2v) is 8.06. The average Bonchev–Trinajstić information content (AvgIpc) is 3.02. The molecule has 0 bridgehead atoms. The van der Waals surface area contributed by atoms with Gasteiger partial charge in [-0.15, -0.1) is 6.58 Å². The molecule has 2 aromatic rings. The molecule has 1 heterocycles. The Morgan fingerprint density at radius 3 is 2.61 bits per heavy atom. The van der Waals surface area contributed by atoms with Crippen LogP contribution in [0.2, 0.25) is 0 Å². The summed E-state index contributed by atoms with van der Waals surface area (Å²) in [5, 5.41) is 11.0. The van der Waals surface area contributed by atoms with Gasteiger partial charge in [0.2, 0.25) is 11.8 Å². The number of rotatable bonds is 7. The lowest BCUT2D eigenvalue weighted by Crippen LogP contribution is -2.33. The van der Waals surface area contributed by atoms with Crippen molar-refractivity contribution in [1.29, 1.82) is 0 Å². The zero-order valence-corrected chi connectivity index (χ0v) is 17.8. The number of aliphatic imine (C=N–C) groups is 1. The minimum atomic E-state index is -4.55. The molecule has 3 rings (SSSR count). The third-order valence-corrected chi connectivity index (χ3v) is 5.70. The fraction of sp³-hybridized carbons (Fsp3) is 0.182. The molecule has 1 fully saturated rings. The fourth-order valence-electron chi connectivity index (χ4n) is 3.03. The first-order valence-electron chi connectivity index (χ1n) is 9.57. The smallest absolute Gasteiger partial charge is 0.416 e. The minimum absolute atomic E-state index is 0.0440. The Kier molecular flexibility index (Phi) is 7.22. The predicted molar refractivity (Wildman–Crippen MR) is 118 cm³/mol. The number of alkyl halides is 3. The Labute approximate surface area is 191 Å². The summed E-state index contributed by atoms with van der Waals surface area (Å²) in [5.41, 5.74) is -0.862. The normalized spacial score (nSPS) is 17.3. The first kappa shape index (κ1) is 24.1. The van der Waals surface area contributed by atoms with Crippen LogP contribution in [0.15, 0.2) is 66.2 Å². The number of anilines is 1. The lowest BCUT2D eigenvalue weighted by Gasteiger charge is -2.14. The van der Waals surface area contributed by atoms with Gasteiger partial charge in [0.05, 0.1) is 16.8 Å². The number of thioether (sulfide) groups is 1. The number of benzene rings is 2. The van der Waals surface area contributed by atoms with Crippen LogP contribution in [0.3, 0.4) is 0 Å². The molecule has 11 heteroatoms. The summed E-state index contributed by atoms with van der Waals surface area (Å²) in [5.74, 6) is -2.27. The molecular formula is C22H18F3N3O4S. The maximum absolute atomic E-state index is 12.9. The van der Waals surface area contributed by atoms with Crippen LogP contribution >= 0.6 is 11.8 Å². The number of carbonyl (C=O) groups is 3. The molecule has 1 unspecified atom stereocenters. The molecule has 0 saturated carbocycles. The van der Waals surface area contributed by atoms with E-state index in [1.54, 1.807) is 12.1 Å². The van der Waals surface area contributed by atoms with Gasteiger partial charge in [-0.25, -0.2) is 9.79 Å². The summed E-state index contributed by atoms with van der Waals surface area (Å²) in [6.45, 7) is 3.68. The average molecular weight is 477 g/mol. The van der Waals surface area contributed by atoms with Crippen LogP contribution in [0.5, 0.6) is 0 Å². The van der Waals surface area contributed by atoms with Gasteiger partial charge in [0.15, 0.2) is 5.17 Å². The lowest BCUT2D eigenvalue weighted by molar-refractivity contribution is -0.137. The van der Waals surface area contributed by atoms with Crippen molar-refractivity contribution < 1.29 is 32.7 Å². The van der Waals surface area contributed by atoms with Crippen LogP contribution in [-0.2, 0) is 15.8 Å². The number of carbonyl (C=O) groups excluding carboxylic acids is 2. The van der Waals surface area contributed by atoms with Gasteiger partial charge in [-0.1, -0.05) is 36.0 Å². The number of amidine groups is 1. The highest BCUT2D eigenvalue weighted by Crippen LogP contribution is 2.33. The second-order valence-electron chi connectivity index (χ2n) is 6.89. The van der Waals surface area contributed by atoms with E-state index in [4.69, 9.17) is 0 Å². The summed E-state index contributed by atoms with van der Waals surface area (Å²) in [7, 11) is 0. The standard InChI is InChI=1S/C22H18F3N3O4S/c1-2-10-28-19(30)17(33-21(28)27-16-9-4-3-8-15(16)20(31)32)12-18(29)26-14-7-5-6-13(11-14)22(23,24)25/h2-9,11,17H,1,10,12H2,(H,26,29)(H,31,32). The quantitative estimate of drug-likeness (QED) is 0.570. The van der Waals surface area contributed by atoms with E-state index in [0.717, 1.165) is 23.9 Å². The molecule has 7 nitrogen and oxygen atoms in total. The molecule has 0 radical (unpaired) electrons. The number of aromatic carboxylic acids is 1. The molecule has 0 aliphatic carbocycles. The van der Waals surface area contributed by atoms with Crippen LogP contribution in [-0.4, -0.2) is 44.8 Å². The van der Waals surface area contributed by atoms with Crippen molar-refractivity contribution in [2.75, 3.05) is 11.9 Å². The highest BCUT2D eigenvalue weighted by molar-refractivity contribution is 8.15. The van der Waals surface area contributed by atoms with E-state index < -0.39 is 34.8 Å². The number of carboxylic acids is 1. The van der Waals surface area contributed by atoms with E-state index in [2.05, 4.69) is 16.9 Å². The van der Waals surface area contributed by atoms with E-state index in [1.807, 2.05) is 0 Å². The van der Waals surface area contributed by atoms with Crippen molar-refractivity contribution in [2.45, 2.75) is 17.8 Å². The minimum Gasteiger partial charge on any atom is -0.478 e. The molecule has 1 aliphatic rings. The molecule has 2 aromatic carbocycles. The van der Waals surface area contributed by atoms with Gasteiger partial charge < -0.3 is 10.4 Å². The van der Waals surface area contributed by atoms with Gasteiger partial charge in [-0.05, 0) is 30.3 Å². The summed E-state index contributed by atoms with van der Waals surface area (Å²) in [4.78, 5) is 42.3. The highest BCUT2D eigenvalue weighted by Gasteiger charge is 2.39. The van der Waals surface area contributed by atoms with Crippen molar-refractivity contribution in [3.8, 4) is 0 Å². The second kappa shape index (κ2) is 9.90. The highest BCUT2D eigenvalue weighted by atomic mass is 32.2. The number of hydrogen-bond donors (Lipinski definition) is 2. The van der Waals surface area contributed by atoms with E-state index in [9.17, 15) is 32.7 Å². The molecule has 2 N–H and O–H groups in total. The summed E-state index contributed by atoms with van der Waals surface area (Å²) < 4.78 is 38.6. The van der Waals surface area contributed by atoms with Crippen molar-refractivity contribution in [3.63, 3.8) is 0 Å². The predicted octanol–water partition coefficient (Wildman–Crippen LogP) is 4.55. The number of para-hydroxylation sites is 1. The molecule has 172 valence electrons. The number of carboxylic acid groups (broad SMARTS) is 1. The van der Waals surface area contributed by atoms with Crippen LogP contribution in [0, 0.1) is 0 Å². The van der Waals surface area contributed by atoms with Gasteiger partial charge in [-0.3, -0.25) is 14.5 Å². The van der Waals surface area contributed by atoms with Crippen LogP contribution in [0.4, 0.5) is 24.5 Å². The van der Waals surface area contributed by atoms with Gasteiger partial charge in [0, 0.05) is 18.7 Å². The monoisotopic (exact) mass is 477 g/mol. The Hall–Kier alpha value is -3.60. The van der Waals surface area contributed by atoms with Crippen molar-refractivity contribution in [2.24, 2.45) is 4.99 Å². The van der Waals surface area contributed by atoms with Crippen molar-refractivity contribution in [3.05, 3.63) is 72.3 Å². The van der Waals surface area contributed by atoms with E-state index in [-0.39, 0.29) is 35.1 Å². The molecule has 1 atom stereocenters. The van der Waals surface area contributed by atoms with Gasteiger partial charge in [0.1, 0.15) is 5.25 Å². The van der Waals surface area contributed by atoms with Gasteiger partial charge >= 0.3 is 12.1 Å². The Morgan fingerprint density at radius 2 is 1.94 bits per heavy atom. The number of amides is 2. The summed E-state index contributed by atoms with van der Waals surface area (Å²) >= 11 is 0.973. The topological polar surface area (TPSA) is 99.1 Å². The zero-order chi connectivity index (χ0) is 24.2. The fourth-order valence-corrected chi connectivity index (χ4v) is 4.19. The maximum Gasteiger partial charge on any atom is 0.416 e. The first-order valence-corrected chi connectivity index (χ1v) is 10.4. The molecule has 2 amide bonds. The van der Waals surface area contributed by atoms with Gasteiger partial charge in [-0.2, -0.15) is 13.2 Å². The largest absolute Gasteiger partial charge is 0.478 e. The molecule has 0 aromatic heterocycles. The third kappa shape index (κ3) is 5.80. The van der Waals surface area contributed by atoms with Crippen molar-refractivity contribution in [1.82, 2.24) is 4.90 Å². The molecule has 33 heavy (non-hydrogen) atoms. The van der Waals surface area contributed by atoms with E-state index in [1.165, 1.54) is 35.2 Å². The maximum atomic E-state index is 12.9. The Balaban J connectivity index is 1.78. The first-order chi connectivity index (χ1) is 15.6.